The number of hydrogen-bond acceptors (Lipinski definition) is 3. The monoisotopic (exact) mass is 284 g/mol. The molecule has 0 bridgehead atoms. The molecule has 1 fully saturated rings. The fourth-order valence-corrected chi connectivity index (χ4v) is 2.57. The van der Waals surface area contributed by atoms with E-state index in [1.165, 1.54) is 32.1 Å². The molecule has 0 radical (unpaired) electrons. The van der Waals surface area contributed by atoms with Gasteiger partial charge in [0, 0.05) is 19.2 Å². The molecule has 1 aliphatic carbocycles. The molecule has 0 heterocycles. The van der Waals surface area contributed by atoms with Gasteiger partial charge in [-0.15, -0.1) is 0 Å². The summed E-state index contributed by atoms with van der Waals surface area (Å²) in [7, 11) is 4.15. The molecule has 1 saturated carbocycles. The minimum absolute atomic E-state index is 0.161. The van der Waals surface area contributed by atoms with Crippen molar-refractivity contribution < 1.29 is 4.74 Å². The Morgan fingerprint density at radius 2 is 2.05 bits per heavy atom. The van der Waals surface area contributed by atoms with Crippen LogP contribution in [0.5, 0.6) is 0 Å². The molecule has 1 atom stereocenters. The Balaban J connectivity index is 2.32. The van der Waals surface area contributed by atoms with Crippen LogP contribution in [0.2, 0.25) is 0 Å². The normalized spacial score (nSPS) is 19.3. The summed E-state index contributed by atoms with van der Waals surface area (Å²) in [5.41, 5.74) is 5.98. The van der Waals surface area contributed by atoms with Gasteiger partial charge in [0.2, 0.25) is 0 Å². The molecule has 0 spiro atoms. The first-order chi connectivity index (χ1) is 9.61. The van der Waals surface area contributed by atoms with Crippen molar-refractivity contribution in [2.45, 2.75) is 57.6 Å². The minimum Gasteiger partial charge on any atom is -0.377 e. The second-order valence-electron chi connectivity index (χ2n) is 5.87. The Bertz CT molecular complexity index is 275. The van der Waals surface area contributed by atoms with Crippen molar-refractivity contribution in [2.75, 3.05) is 33.8 Å². The molecule has 0 aromatic carbocycles. The van der Waals surface area contributed by atoms with E-state index in [-0.39, 0.29) is 6.10 Å². The molecule has 0 aliphatic heterocycles. The topological polar surface area (TPSA) is 62.9 Å². The minimum atomic E-state index is 0.161. The smallest absolute Gasteiger partial charge is 0.188 e. The van der Waals surface area contributed by atoms with Gasteiger partial charge in [0.1, 0.15) is 0 Å². The molecule has 3 N–H and O–H groups in total. The number of nitrogens with zero attached hydrogens (tertiary/aromatic N) is 2. The number of rotatable bonds is 8. The Morgan fingerprint density at radius 3 is 2.65 bits per heavy atom. The van der Waals surface area contributed by atoms with Gasteiger partial charge in [0.15, 0.2) is 5.96 Å². The van der Waals surface area contributed by atoms with Crippen LogP contribution in [0, 0.1) is 0 Å². The molecule has 0 saturated heterocycles. The van der Waals surface area contributed by atoms with Crippen LogP contribution in [0.3, 0.4) is 0 Å². The van der Waals surface area contributed by atoms with Crippen LogP contribution in [-0.4, -0.2) is 56.8 Å². The summed E-state index contributed by atoms with van der Waals surface area (Å²) in [6.07, 6.45) is 7.53. The van der Waals surface area contributed by atoms with Crippen molar-refractivity contribution in [3.63, 3.8) is 0 Å². The van der Waals surface area contributed by atoms with Crippen molar-refractivity contribution in [1.82, 2.24) is 10.2 Å². The van der Waals surface area contributed by atoms with Gasteiger partial charge in [-0.05, 0) is 40.3 Å². The number of guanidine groups is 1. The van der Waals surface area contributed by atoms with E-state index < -0.39 is 0 Å². The number of nitrogens with two attached hydrogens (primary N) is 1. The molecule has 0 amide bonds. The van der Waals surface area contributed by atoms with Crippen LogP contribution in [0.1, 0.15) is 45.4 Å². The molecular formula is C15H32N4O. The van der Waals surface area contributed by atoms with Crippen LogP contribution in [-0.2, 0) is 4.74 Å². The maximum absolute atomic E-state index is 5.98. The van der Waals surface area contributed by atoms with Gasteiger partial charge >= 0.3 is 0 Å². The zero-order valence-electron chi connectivity index (χ0n) is 13.4. The van der Waals surface area contributed by atoms with E-state index in [9.17, 15) is 0 Å². The van der Waals surface area contributed by atoms with E-state index in [4.69, 9.17) is 10.5 Å². The van der Waals surface area contributed by atoms with Gasteiger partial charge in [0.25, 0.3) is 0 Å². The van der Waals surface area contributed by atoms with E-state index in [1.54, 1.807) is 0 Å². The fourth-order valence-electron chi connectivity index (χ4n) is 2.57. The zero-order valence-corrected chi connectivity index (χ0v) is 13.4. The highest BCUT2D eigenvalue weighted by atomic mass is 16.5. The van der Waals surface area contributed by atoms with Gasteiger partial charge in [-0.1, -0.05) is 19.3 Å². The van der Waals surface area contributed by atoms with Crippen LogP contribution < -0.4 is 11.1 Å². The van der Waals surface area contributed by atoms with Crippen LogP contribution in [0.25, 0.3) is 0 Å². The fraction of sp³-hybridized carbons (Fsp3) is 0.933. The quantitative estimate of drug-likeness (QED) is 0.525. The highest BCUT2D eigenvalue weighted by molar-refractivity contribution is 5.78. The highest BCUT2D eigenvalue weighted by Crippen LogP contribution is 2.17. The number of ether oxygens (including phenoxy) is 1. The van der Waals surface area contributed by atoms with Gasteiger partial charge in [0.05, 0.1) is 12.6 Å². The third kappa shape index (κ3) is 7.70. The average molecular weight is 284 g/mol. The zero-order chi connectivity index (χ0) is 14.8. The van der Waals surface area contributed by atoms with Gasteiger partial charge < -0.3 is 20.7 Å². The molecule has 1 unspecified atom stereocenters. The van der Waals surface area contributed by atoms with Crippen LogP contribution in [0.15, 0.2) is 4.99 Å². The second-order valence-corrected chi connectivity index (χ2v) is 5.87. The summed E-state index contributed by atoms with van der Waals surface area (Å²) in [4.78, 5) is 6.62. The number of aliphatic imine (C=N–C) groups is 1. The Labute approximate surface area is 124 Å². The number of hydrogen-bond donors (Lipinski definition) is 2. The standard InChI is InChI=1S/C15H32N4O/c1-4-20-14(10-11-19(2)3)12-17-15(16)18-13-8-6-5-7-9-13/h13-14H,4-12H2,1-3H3,(H3,16,17,18). The molecule has 0 aromatic heterocycles. The maximum atomic E-state index is 5.98. The summed E-state index contributed by atoms with van der Waals surface area (Å²) >= 11 is 0. The summed E-state index contributed by atoms with van der Waals surface area (Å²) in [6.45, 7) is 4.41. The molecule has 118 valence electrons. The predicted molar refractivity (Wildman–Crippen MR) is 85.1 cm³/mol. The van der Waals surface area contributed by atoms with E-state index in [0.29, 0.717) is 18.5 Å². The summed E-state index contributed by atoms with van der Waals surface area (Å²) in [5.74, 6) is 0.575. The lowest BCUT2D eigenvalue weighted by atomic mass is 9.96. The highest BCUT2D eigenvalue weighted by Gasteiger charge is 2.14. The first-order valence-corrected chi connectivity index (χ1v) is 7.94. The summed E-state index contributed by atoms with van der Waals surface area (Å²) < 4.78 is 5.72. The molecule has 1 aliphatic rings. The first kappa shape index (κ1) is 17.2. The van der Waals surface area contributed by atoms with Gasteiger partial charge in [-0.3, -0.25) is 4.99 Å². The maximum Gasteiger partial charge on any atom is 0.188 e. The van der Waals surface area contributed by atoms with E-state index in [1.807, 2.05) is 6.92 Å². The lowest BCUT2D eigenvalue weighted by Crippen LogP contribution is -2.41. The van der Waals surface area contributed by atoms with Gasteiger partial charge in [-0.25, -0.2) is 0 Å². The Kier molecular flexibility index (Phi) is 8.62. The SMILES string of the molecule is CCOC(CCN(C)C)CN=C(N)NC1CCCCC1. The van der Waals surface area contributed by atoms with E-state index in [0.717, 1.165) is 19.6 Å². The van der Waals surface area contributed by atoms with Crippen LogP contribution >= 0.6 is 0 Å². The molecular weight excluding hydrogens is 252 g/mol. The van der Waals surface area contributed by atoms with E-state index in [2.05, 4.69) is 29.3 Å². The lowest BCUT2D eigenvalue weighted by Gasteiger charge is -2.23. The summed E-state index contributed by atoms with van der Waals surface area (Å²) in [5, 5.41) is 3.34. The molecule has 0 aromatic rings. The van der Waals surface area contributed by atoms with Crippen molar-refractivity contribution in [3.8, 4) is 0 Å². The predicted octanol–water partition coefficient (Wildman–Crippen LogP) is 1.58. The second kappa shape index (κ2) is 10.00. The van der Waals surface area contributed by atoms with E-state index >= 15 is 0 Å². The summed E-state index contributed by atoms with van der Waals surface area (Å²) in [6, 6.07) is 0.514. The van der Waals surface area contributed by atoms with Crippen molar-refractivity contribution in [1.29, 1.82) is 0 Å². The number of nitrogens with one attached hydrogen (secondary N) is 1. The molecule has 20 heavy (non-hydrogen) atoms. The van der Waals surface area contributed by atoms with Crippen molar-refractivity contribution in [3.05, 3.63) is 0 Å². The Morgan fingerprint density at radius 1 is 1.35 bits per heavy atom. The third-order valence-electron chi connectivity index (χ3n) is 3.72. The van der Waals surface area contributed by atoms with Gasteiger partial charge in [-0.2, -0.15) is 0 Å². The molecule has 5 nitrogen and oxygen atoms in total. The van der Waals surface area contributed by atoms with Crippen molar-refractivity contribution in [2.24, 2.45) is 10.7 Å². The average Bonchev–Trinajstić information content (AvgIpc) is 2.43. The lowest BCUT2D eigenvalue weighted by molar-refractivity contribution is 0.0582. The molecule has 5 heteroatoms. The van der Waals surface area contributed by atoms with Crippen molar-refractivity contribution >= 4 is 5.96 Å². The largest absolute Gasteiger partial charge is 0.377 e. The van der Waals surface area contributed by atoms with Crippen LogP contribution in [0.4, 0.5) is 0 Å². The first-order valence-electron chi connectivity index (χ1n) is 7.94. The third-order valence-corrected chi connectivity index (χ3v) is 3.72. The Hall–Kier alpha value is -0.810. The molecule has 1 rings (SSSR count).